The second-order valence-corrected chi connectivity index (χ2v) is 9.09. The van der Waals surface area contributed by atoms with Gasteiger partial charge in [-0.3, -0.25) is 9.69 Å². The summed E-state index contributed by atoms with van der Waals surface area (Å²) >= 11 is 0. The maximum Gasteiger partial charge on any atom is 0.221 e. The standard InChI is InChI=1S/C27H38N4O2/c1-3-30(4-2)23-6-8-24(9-7-23)31-16-14-29(15-17-31)13-11-26-25-10-5-21(20-27(28)32)19-22(25)12-18-33-26/h5-10,19,26H,3-4,11-18,20H2,1-2H3,(H2,28,32). The van der Waals surface area contributed by atoms with Gasteiger partial charge in [0.05, 0.1) is 19.1 Å². The molecule has 2 aliphatic rings. The smallest absolute Gasteiger partial charge is 0.221 e. The van der Waals surface area contributed by atoms with E-state index in [4.69, 9.17) is 10.5 Å². The summed E-state index contributed by atoms with van der Waals surface area (Å²) in [5, 5.41) is 0. The summed E-state index contributed by atoms with van der Waals surface area (Å²) in [6, 6.07) is 15.3. The molecule has 0 spiro atoms. The zero-order valence-corrected chi connectivity index (χ0v) is 20.1. The Morgan fingerprint density at radius 2 is 1.79 bits per heavy atom. The quantitative estimate of drug-likeness (QED) is 0.635. The summed E-state index contributed by atoms with van der Waals surface area (Å²) in [4.78, 5) is 18.7. The minimum Gasteiger partial charge on any atom is -0.373 e. The SMILES string of the molecule is CCN(CC)c1ccc(N2CCN(CCC3OCCc4cc(CC(N)=O)ccc43)CC2)cc1. The Morgan fingerprint density at radius 3 is 2.45 bits per heavy atom. The van der Waals surface area contributed by atoms with Crippen LogP contribution in [0.25, 0.3) is 0 Å². The van der Waals surface area contributed by atoms with E-state index in [2.05, 4.69) is 64.9 Å². The molecule has 0 bridgehead atoms. The van der Waals surface area contributed by atoms with Crippen molar-refractivity contribution in [1.82, 2.24) is 4.90 Å². The van der Waals surface area contributed by atoms with Crippen molar-refractivity contribution in [3.05, 3.63) is 59.2 Å². The molecule has 6 heteroatoms. The van der Waals surface area contributed by atoms with E-state index < -0.39 is 0 Å². The van der Waals surface area contributed by atoms with Crippen molar-refractivity contribution in [3.8, 4) is 0 Å². The lowest BCUT2D eigenvalue weighted by molar-refractivity contribution is -0.117. The number of ether oxygens (including phenoxy) is 1. The van der Waals surface area contributed by atoms with Crippen LogP contribution in [0.1, 0.15) is 43.1 Å². The third-order valence-electron chi connectivity index (χ3n) is 7.05. The molecular formula is C27H38N4O2. The Hall–Kier alpha value is -2.57. The molecule has 2 aromatic carbocycles. The zero-order chi connectivity index (χ0) is 23.2. The highest BCUT2D eigenvalue weighted by atomic mass is 16.5. The Kier molecular flexibility index (Phi) is 7.89. The van der Waals surface area contributed by atoms with Crippen molar-refractivity contribution < 1.29 is 9.53 Å². The molecule has 33 heavy (non-hydrogen) atoms. The summed E-state index contributed by atoms with van der Waals surface area (Å²) in [6.07, 6.45) is 2.36. The molecular weight excluding hydrogens is 412 g/mol. The number of carbonyl (C=O) groups excluding carboxylic acids is 1. The topological polar surface area (TPSA) is 62.0 Å². The number of piperazine rings is 1. The van der Waals surface area contributed by atoms with Crippen LogP contribution < -0.4 is 15.5 Å². The molecule has 0 saturated carbocycles. The molecule has 2 N–H and O–H groups in total. The van der Waals surface area contributed by atoms with E-state index in [0.29, 0.717) is 6.42 Å². The second kappa shape index (κ2) is 11.0. The molecule has 0 aliphatic carbocycles. The van der Waals surface area contributed by atoms with Crippen LogP contribution >= 0.6 is 0 Å². The lowest BCUT2D eigenvalue weighted by Crippen LogP contribution is -2.47. The van der Waals surface area contributed by atoms with E-state index in [0.717, 1.165) is 70.8 Å². The number of benzene rings is 2. The predicted octanol–water partition coefficient (Wildman–Crippen LogP) is 3.39. The highest BCUT2D eigenvalue weighted by Crippen LogP contribution is 2.31. The number of primary amides is 1. The van der Waals surface area contributed by atoms with Crippen molar-refractivity contribution in [3.63, 3.8) is 0 Å². The first-order valence-corrected chi connectivity index (χ1v) is 12.4. The molecule has 0 radical (unpaired) electrons. The van der Waals surface area contributed by atoms with Crippen LogP contribution in [-0.4, -0.2) is 63.2 Å². The first kappa shape index (κ1) is 23.6. The fraction of sp³-hybridized carbons (Fsp3) is 0.519. The Labute approximate surface area is 198 Å². The van der Waals surface area contributed by atoms with Gasteiger partial charge < -0.3 is 20.3 Å². The first-order valence-electron chi connectivity index (χ1n) is 12.4. The van der Waals surface area contributed by atoms with Gasteiger partial charge in [-0.15, -0.1) is 0 Å². The normalized spacial score (nSPS) is 18.7. The van der Waals surface area contributed by atoms with Gasteiger partial charge in [-0.2, -0.15) is 0 Å². The minimum atomic E-state index is -0.280. The Bertz CT molecular complexity index is 918. The molecule has 2 aromatic rings. The van der Waals surface area contributed by atoms with Crippen LogP contribution in [0, 0.1) is 0 Å². The number of anilines is 2. The number of fused-ring (bicyclic) bond motifs is 1. The van der Waals surface area contributed by atoms with E-state index in [1.165, 1.54) is 22.5 Å². The molecule has 1 amide bonds. The fourth-order valence-corrected chi connectivity index (χ4v) is 5.13. The van der Waals surface area contributed by atoms with Gasteiger partial charge in [-0.05, 0) is 67.6 Å². The van der Waals surface area contributed by atoms with E-state index in [9.17, 15) is 4.79 Å². The average Bonchev–Trinajstić information content (AvgIpc) is 2.84. The van der Waals surface area contributed by atoms with Gasteiger partial charge in [0.25, 0.3) is 0 Å². The molecule has 4 rings (SSSR count). The highest BCUT2D eigenvalue weighted by Gasteiger charge is 2.24. The molecule has 0 aromatic heterocycles. The van der Waals surface area contributed by atoms with Crippen LogP contribution in [0.15, 0.2) is 42.5 Å². The predicted molar refractivity (Wildman–Crippen MR) is 135 cm³/mol. The molecule has 2 aliphatic heterocycles. The third kappa shape index (κ3) is 5.87. The van der Waals surface area contributed by atoms with Gasteiger partial charge in [0.2, 0.25) is 5.91 Å². The first-order chi connectivity index (χ1) is 16.1. The number of nitrogens with zero attached hydrogens (tertiary/aromatic N) is 3. The average molecular weight is 451 g/mol. The number of hydrogen-bond acceptors (Lipinski definition) is 5. The van der Waals surface area contributed by atoms with Crippen LogP contribution in [0.5, 0.6) is 0 Å². The van der Waals surface area contributed by atoms with E-state index >= 15 is 0 Å². The van der Waals surface area contributed by atoms with E-state index in [-0.39, 0.29) is 12.0 Å². The van der Waals surface area contributed by atoms with Crippen molar-refractivity contribution in [2.75, 3.05) is 62.2 Å². The molecule has 1 atom stereocenters. The van der Waals surface area contributed by atoms with Crippen LogP contribution in [0.4, 0.5) is 11.4 Å². The van der Waals surface area contributed by atoms with E-state index in [1.807, 2.05) is 6.07 Å². The lowest BCUT2D eigenvalue weighted by Gasteiger charge is -2.37. The van der Waals surface area contributed by atoms with Crippen molar-refractivity contribution in [2.45, 2.75) is 39.2 Å². The van der Waals surface area contributed by atoms with Crippen molar-refractivity contribution >= 4 is 17.3 Å². The molecule has 1 saturated heterocycles. The van der Waals surface area contributed by atoms with Crippen LogP contribution in [-0.2, 0) is 22.4 Å². The number of hydrogen-bond donors (Lipinski definition) is 1. The second-order valence-electron chi connectivity index (χ2n) is 9.09. The number of amides is 1. The number of nitrogens with two attached hydrogens (primary N) is 1. The monoisotopic (exact) mass is 450 g/mol. The molecule has 1 fully saturated rings. The van der Waals surface area contributed by atoms with Gasteiger partial charge in [0.15, 0.2) is 0 Å². The van der Waals surface area contributed by atoms with Gasteiger partial charge in [-0.1, -0.05) is 18.2 Å². The van der Waals surface area contributed by atoms with Crippen molar-refractivity contribution in [2.24, 2.45) is 5.73 Å². The number of carbonyl (C=O) groups is 1. The highest BCUT2D eigenvalue weighted by molar-refractivity contribution is 5.76. The summed E-state index contributed by atoms with van der Waals surface area (Å²) in [5.41, 5.74) is 11.6. The minimum absolute atomic E-state index is 0.141. The zero-order valence-electron chi connectivity index (χ0n) is 20.1. The maximum atomic E-state index is 11.2. The Balaban J connectivity index is 1.28. The maximum absolute atomic E-state index is 11.2. The largest absolute Gasteiger partial charge is 0.373 e. The summed E-state index contributed by atoms with van der Waals surface area (Å²) < 4.78 is 6.12. The molecule has 1 unspecified atom stereocenters. The molecule has 6 nitrogen and oxygen atoms in total. The van der Waals surface area contributed by atoms with Crippen LogP contribution in [0.2, 0.25) is 0 Å². The van der Waals surface area contributed by atoms with E-state index in [1.54, 1.807) is 0 Å². The van der Waals surface area contributed by atoms with Crippen molar-refractivity contribution in [1.29, 1.82) is 0 Å². The van der Waals surface area contributed by atoms with Gasteiger partial charge in [0, 0.05) is 57.2 Å². The summed E-state index contributed by atoms with van der Waals surface area (Å²) in [7, 11) is 0. The van der Waals surface area contributed by atoms with Gasteiger partial charge in [0.1, 0.15) is 0 Å². The Morgan fingerprint density at radius 1 is 1.06 bits per heavy atom. The fourth-order valence-electron chi connectivity index (χ4n) is 5.13. The molecule has 178 valence electrons. The summed E-state index contributed by atoms with van der Waals surface area (Å²) in [6.45, 7) is 12.5. The lowest BCUT2D eigenvalue weighted by atomic mass is 9.93. The summed E-state index contributed by atoms with van der Waals surface area (Å²) in [5.74, 6) is -0.280. The van der Waals surface area contributed by atoms with Gasteiger partial charge in [-0.25, -0.2) is 0 Å². The molecule has 2 heterocycles. The number of rotatable bonds is 9. The third-order valence-corrected chi connectivity index (χ3v) is 7.05. The van der Waals surface area contributed by atoms with Gasteiger partial charge >= 0.3 is 0 Å². The van der Waals surface area contributed by atoms with Crippen LogP contribution in [0.3, 0.4) is 0 Å².